The first-order valence-corrected chi connectivity index (χ1v) is 6.85. The highest BCUT2D eigenvalue weighted by atomic mass is 16.1. The van der Waals surface area contributed by atoms with E-state index < -0.39 is 11.9 Å². The third kappa shape index (κ3) is 2.37. The number of rotatable bonds is 5. The number of nitrogens with zero attached hydrogens (tertiary/aromatic N) is 4. The second kappa shape index (κ2) is 5.35. The number of benzene rings is 1. The number of primary amides is 1. The Hall–Kier alpha value is -2.70. The van der Waals surface area contributed by atoms with Crippen LogP contribution in [0.25, 0.3) is 16.4 Å². The van der Waals surface area contributed by atoms with Crippen LogP contribution in [0.15, 0.2) is 30.5 Å². The molecule has 0 saturated carbocycles. The second-order valence-corrected chi connectivity index (χ2v) is 4.87. The number of nitrogens with one attached hydrogen (secondary N) is 1. The fourth-order valence-electron chi connectivity index (χ4n) is 2.35. The molecule has 0 aliphatic carbocycles. The molecule has 7 nitrogen and oxygen atoms in total. The molecule has 1 atom stereocenters. The van der Waals surface area contributed by atoms with E-state index in [2.05, 4.69) is 20.6 Å². The molecule has 0 saturated heterocycles. The van der Waals surface area contributed by atoms with Gasteiger partial charge < -0.3 is 11.1 Å². The molecule has 0 unspecified atom stereocenters. The van der Waals surface area contributed by atoms with Gasteiger partial charge in [0.05, 0.1) is 17.2 Å². The molecule has 1 aromatic carbocycles. The van der Waals surface area contributed by atoms with Crippen molar-refractivity contribution in [2.24, 2.45) is 5.73 Å². The Bertz CT molecular complexity index is 796. The summed E-state index contributed by atoms with van der Waals surface area (Å²) in [6, 6.07) is 7.25. The third-order valence-corrected chi connectivity index (χ3v) is 3.38. The minimum Gasteiger partial charge on any atom is -0.368 e. The fourth-order valence-corrected chi connectivity index (χ4v) is 2.35. The average Bonchev–Trinajstić information content (AvgIpc) is 2.96. The Kier molecular flexibility index (Phi) is 3.39. The quantitative estimate of drug-likeness (QED) is 0.736. The van der Waals surface area contributed by atoms with Gasteiger partial charge in [0.15, 0.2) is 0 Å². The summed E-state index contributed by atoms with van der Waals surface area (Å²) in [6.07, 6.45) is 3.16. The monoisotopic (exact) mass is 284 g/mol. The summed E-state index contributed by atoms with van der Waals surface area (Å²) in [6.45, 7) is 2.00. The van der Waals surface area contributed by atoms with Gasteiger partial charge in [-0.1, -0.05) is 36.8 Å². The van der Waals surface area contributed by atoms with E-state index in [1.165, 1.54) is 0 Å². The number of anilines is 1. The minimum absolute atomic E-state index is 0.403. The van der Waals surface area contributed by atoms with Gasteiger partial charge in [-0.3, -0.25) is 4.79 Å². The zero-order valence-corrected chi connectivity index (χ0v) is 11.7. The third-order valence-electron chi connectivity index (χ3n) is 3.38. The Morgan fingerprint density at radius 2 is 2.24 bits per heavy atom. The smallest absolute Gasteiger partial charge is 0.240 e. The molecule has 3 rings (SSSR count). The summed E-state index contributed by atoms with van der Waals surface area (Å²) in [5.74, 6) is 0.0681. The first kappa shape index (κ1) is 13.3. The van der Waals surface area contributed by atoms with Crippen molar-refractivity contribution in [2.45, 2.75) is 25.8 Å². The molecule has 7 heteroatoms. The van der Waals surface area contributed by atoms with Gasteiger partial charge in [0.2, 0.25) is 11.9 Å². The van der Waals surface area contributed by atoms with Gasteiger partial charge in [-0.25, -0.2) is 4.98 Å². The SMILES string of the molecule is CCC[C@@H](Nc1nc2ccccc2c2cnnn12)C(N)=O. The standard InChI is InChI=1S/C14H16N6O/c1-2-5-11(13(15)21)18-14-17-10-7-4-3-6-9(10)12-8-16-19-20(12)14/h3-4,6-8,11H,2,5H2,1H3,(H2,15,21)(H,17,18)/t11-/m1/s1. The van der Waals surface area contributed by atoms with Crippen LogP contribution in [0, 0.1) is 0 Å². The number of amides is 1. The zero-order chi connectivity index (χ0) is 14.8. The number of para-hydroxylation sites is 1. The highest BCUT2D eigenvalue weighted by molar-refractivity contribution is 5.94. The van der Waals surface area contributed by atoms with E-state index in [0.717, 1.165) is 22.8 Å². The molecule has 0 aliphatic heterocycles. The first-order valence-electron chi connectivity index (χ1n) is 6.85. The van der Waals surface area contributed by atoms with E-state index in [9.17, 15) is 4.79 Å². The lowest BCUT2D eigenvalue weighted by molar-refractivity contribution is -0.118. The van der Waals surface area contributed by atoms with Gasteiger partial charge in [0, 0.05) is 5.39 Å². The highest BCUT2D eigenvalue weighted by Crippen LogP contribution is 2.21. The summed E-state index contributed by atoms with van der Waals surface area (Å²) in [5.41, 5.74) is 7.08. The maximum absolute atomic E-state index is 11.5. The maximum atomic E-state index is 11.5. The van der Waals surface area contributed by atoms with Crippen LogP contribution in [0.5, 0.6) is 0 Å². The molecule has 0 spiro atoms. The Morgan fingerprint density at radius 3 is 3.00 bits per heavy atom. The second-order valence-electron chi connectivity index (χ2n) is 4.87. The van der Waals surface area contributed by atoms with Gasteiger partial charge in [-0.2, -0.15) is 4.52 Å². The summed E-state index contributed by atoms with van der Waals surface area (Å²) in [7, 11) is 0. The molecule has 0 fully saturated rings. The molecule has 2 aromatic heterocycles. The summed E-state index contributed by atoms with van der Waals surface area (Å²) >= 11 is 0. The zero-order valence-electron chi connectivity index (χ0n) is 11.7. The summed E-state index contributed by atoms with van der Waals surface area (Å²) in [5, 5.41) is 12.0. The number of carbonyl (C=O) groups is 1. The largest absolute Gasteiger partial charge is 0.368 e. The lowest BCUT2D eigenvalue weighted by Crippen LogP contribution is -2.36. The summed E-state index contributed by atoms with van der Waals surface area (Å²) < 4.78 is 1.59. The Balaban J connectivity index is 2.12. The maximum Gasteiger partial charge on any atom is 0.240 e. The van der Waals surface area contributed by atoms with E-state index in [1.54, 1.807) is 10.7 Å². The van der Waals surface area contributed by atoms with Crippen LogP contribution < -0.4 is 11.1 Å². The first-order chi connectivity index (χ1) is 10.2. The van der Waals surface area contributed by atoms with Crippen molar-refractivity contribution < 1.29 is 4.79 Å². The van der Waals surface area contributed by atoms with Gasteiger partial charge >= 0.3 is 0 Å². The normalized spacial score (nSPS) is 12.6. The molecular weight excluding hydrogens is 268 g/mol. The van der Waals surface area contributed by atoms with E-state index in [0.29, 0.717) is 12.4 Å². The Labute approximate surface area is 121 Å². The van der Waals surface area contributed by atoms with Crippen molar-refractivity contribution in [3.05, 3.63) is 30.5 Å². The number of hydrogen-bond donors (Lipinski definition) is 2. The predicted molar refractivity (Wildman–Crippen MR) is 79.8 cm³/mol. The molecule has 3 N–H and O–H groups in total. The number of hydrogen-bond acceptors (Lipinski definition) is 5. The van der Waals surface area contributed by atoms with E-state index in [1.807, 2.05) is 31.2 Å². The van der Waals surface area contributed by atoms with Gasteiger partial charge in [-0.15, -0.1) is 5.10 Å². The van der Waals surface area contributed by atoms with Crippen molar-refractivity contribution in [3.63, 3.8) is 0 Å². The molecular formula is C14H16N6O. The molecule has 0 radical (unpaired) electrons. The van der Waals surface area contributed by atoms with Gasteiger partial charge in [-0.05, 0) is 12.5 Å². The van der Waals surface area contributed by atoms with E-state index in [-0.39, 0.29) is 0 Å². The molecule has 0 bridgehead atoms. The lowest BCUT2D eigenvalue weighted by atomic mass is 10.1. The van der Waals surface area contributed by atoms with Crippen LogP contribution in [0.3, 0.4) is 0 Å². The van der Waals surface area contributed by atoms with Crippen molar-refractivity contribution >= 4 is 28.3 Å². The molecule has 1 amide bonds. The average molecular weight is 284 g/mol. The van der Waals surface area contributed by atoms with E-state index >= 15 is 0 Å². The highest BCUT2D eigenvalue weighted by Gasteiger charge is 2.17. The number of carbonyl (C=O) groups excluding carboxylic acids is 1. The van der Waals surface area contributed by atoms with Crippen LogP contribution in [0.2, 0.25) is 0 Å². The molecule has 2 heterocycles. The minimum atomic E-state index is -0.476. The Morgan fingerprint density at radius 1 is 1.43 bits per heavy atom. The number of nitrogens with two attached hydrogens (primary N) is 1. The lowest BCUT2D eigenvalue weighted by Gasteiger charge is -2.16. The van der Waals surface area contributed by atoms with Crippen LogP contribution >= 0.6 is 0 Å². The van der Waals surface area contributed by atoms with E-state index in [4.69, 9.17) is 5.73 Å². The summed E-state index contributed by atoms with van der Waals surface area (Å²) in [4.78, 5) is 16.0. The van der Waals surface area contributed by atoms with Crippen LogP contribution in [-0.4, -0.2) is 31.8 Å². The van der Waals surface area contributed by atoms with Gasteiger partial charge in [0.25, 0.3) is 0 Å². The topological polar surface area (TPSA) is 98.2 Å². The predicted octanol–water partition coefficient (Wildman–Crippen LogP) is 1.34. The van der Waals surface area contributed by atoms with Crippen molar-refractivity contribution in [1.29, 1.82) is 0 Å². The molecule has 3 aromatic rings. The van der Waals surface area contributed by atoms with Crippen molar-refractivity contribution in [2.75, 3.05) is 5.32 Å². The van der Waals surface area contributed by atoms with Crippen LogP contribution in [-0.2, 0) is 4.79 Å². The van der Waals surface area contributed by atoms with Crippen LogP contribution in [0.1, 0.15) is 19.8 Å². The number of aromatic nitrogens is 4. The van der Waals surface area contributed by atoms with Gasteiger partial charge in [0.1, 0.15) is 6.04 Å². The molecule has 21 heavy (non-hydrogen) atoms. The fraction of sp³-hybridized carbons (Fsp3) is 0.286. The van der Waals surface area contributed by atoms with Crippen molar-refractivity contribution in [1.82, 2.24) is 19.8 Å². The molecule has 0 aliphatic rings. The molecule has 108 valence electrons. The van der Waals surface area contributed by atoms with Crippen molar-refractivity contribution in [3.8, 4) is 0 Å². The number of fused-ring (bicyclic) bond motifs is 3. The van der Waals surface area contributed by atoms with Crippen LogP contribution in [0.4, 0.5) is 5.95 Å².